The number of nitrogens with zero attached hydrogens (tertiary/aromatic N) is 1. The summed E-state index contributed by atoms with van der Waals surface area (Å²) in [5.74, 6) is 0.845. The minimum atomic E-state index is -0.670. The molecule has 1 atom stereocenters. The lowest BCUT2D eigenvalue weighted by atomic mass is 10.1. The summed E-state index contributed by atoms with van der Waals surface area (Å²) in [6.45, 7) is 1.67. The number of benzene rings is 2. The van der Waals surface area contributed by atoms with Gasteiger partial charge in [0.25, 0.3) is 5.91 Å². The molecule has 0 fully saturated rings. The first-order valence-corrected chi connectivity index (χ1v) is 7.91. The van der Waals surface area contributed by atoms with Gasteiger partial charge in [-0.05, 0) is 42.3 Å². The van der Waals surface area contributed by atoms with Gasteiger partial charge in [-0.15, -0.1) is 0 Å². The number of carbonyl (C=O) groups excluding carboxylic acids is 1. The van der Waals surface area contributed by atoms with Gasteiger partial charge in [-0.2, -0.15) is 5.10 Å². The third kappa shape index (κ3) is 4.57. The van der Waals surface area contributed by atoms with Crippen LogP contribution < -0.4 is 10.2 Å². The molecule has 0 saturated carbocycles. The number of ether oxygens (including phenoxy) is 1. The van der Waals surface area contributed by atoms with Gasteiger partial charge in [-0.25, -0.2) is 5.43 Å². The third-order valence-electron chi connectivity index (χ3n) is 3.55. The highest BCUT2D eigenvalue weighted by Gasteiger charge is 2.13. The Morgan fingerprint density at radius 2 is 1.76 bits per heavy atom. The van der Waals surface area contributed by atoms with E-state index in [1.165, 1.54) is 12.5 Å². The molecule has 1 aromatic heterocycles. The molecular weight excluding hydrogens is 316 g/mol. The van der Waals surface area contributed by atoms with E-state index >= 15 is 0 Å². The van der Waals surface area contributed by atoms with Crippen molar-refractivity contribution in [2.24, 2.45) is 5.10 Å². The summed E-state index contributed by atoms with van der Waals surface area (Å²) in [5, 5.41) is 3.83. The maximum atomic E-state index is 12.0. The van der Waals surface area contributed by atoms with E-state index in [0.29, 0.717) is 11.5 Å². The second-order valence-corrected chi connectivity index (χ2v) is 5.40. The Bertz CT molecular complexity index is 825. The fourth-order valence-electron chi connectivity index (χ4n) is 2.23. The number of amides is 1. The van der Waals surface area contributed by atoms with Gasteiger partial charge in [-0.1, -0.05) is 42.5 Å². The van der Waals surface area contributed by atoms with Crippen molar-refractivity contribution in [2.75, 3.05) is 0 Å². The average Bonchev–Trinajstić information content (AvgIpc) is 3.16. The number of hydrazone groups is 1. The Balaban J connectivity index is 1.55. The van der Waals surface area contributed by atoms with E-state index < -0.39 is 6.10 Å². The van der Waals surface area contributed by atoms with Gasteiger partial charge in [0.15, 0.2) is 6.10 Å². The molecule has 1 N–H and O–H groups in total. The maximum Gasteiger partial charge on any atom is 0.280 e. The van der Waals surface area contributed by atoms with Crippen LogP contribution in [0, 0.1) is 0 Å². The molecule has 0 aliphatic rings. The van der Waals surface area contributed by atoms with E-state index in [1.807, 2.05) is 54.6 Å². The molecule has 0 aliphatic heterocycles. The first kappa shape index (κ1) is 16.5. The molecule has 0 bridgehead atoms. The molecule has 0 radical (unpaired) electrons. The van der Waals surface area contributed by atoms with Crippen LogP contribution >= 0.6 is 0 Å². The van der Waals surface area contributed by atoms with Gasteiger partial charge in [0.2, 0.25) is 0 Å². The van der Waals surface area contributed by atoms with Crippen LogP contribution in [0.2, 0.25) is 0 Å². The predicted molar refractivity (Wildman–Crippen MR) is 96.4 cm³/mol. The van der Waals surface area contributed by atoms with Gasteiger partial charge in [0, 0.05) is 0 Å². The molecule has 25 heavy (non-hydrogen) atoms. The Labute approximate surface area is 145 Å². The molecule has 0 saturated heterocycles. The molecule has 3 aromatic rings. The average molecular weight is 334 g/mol. The Morgan fingerprint density at radius 3 is 2.44 bits per heavy atom. The van der Waals surface area contributed by atoms with E-state index in [-0.39, 0.29) is 5.91 Å². The number of nitrogens with one attached hydrogen (secondary N) is 1. The van der Waals surface area contributed by atoms with Crippen LogP contribution in [0.1, 0.15) is 12.7 Å². The Hall–Kier alpha value is -3.34. The highest BCUT2D eigenvalue weighted by atomic mass is 16.5. The van der Waals surface area contributed by atoms with Crippen LogP contribution in [-0.2, 0) is 4.79 Å². The lowest BCUT2D eigenvalue weighted by molar-refractivity contribution is -0.127. The lowest BCUT2D eigenvalue weighted by Gasteiger charge is -2.13. The number of furan rings is 1. The van der Waals surface area contributed by atoms with Gasteiger partial charge < -0.3 is 9.15 Å². The zero-order chi connectivity index (χ0) is 17.5. The first-order valence-electron chi connectivity index (χ1n) is 7.91. The summed E-state index contributed by atoms with van der Waals surface area (Å²) in [5.41, 5.74) is 4.65. The zero-order valence-corrected chi connectivity index (χ0v) is 13.8. The van der Waals surface area contributed by atoms with Gasteiger partial charge in [0.1, 0.15) is 11.5 Å². The molecular formula is C20H18N2O3. The Morgan fingerprint density at radius 1 is 1.04 bits per heavy atom. The number of hydrogen-bond acceptors (Lipinski definition) is 4. The number of carbonyl (C=O) groups is 1. The molecule has 1 heterocycles. The summed E-state index contributed by atoms with van der Waals surface area (Å²) >= 11 is 0. The van der Waals surface area contributed by atoms with E-state index in [0.717, 1.165) is 11.1 Å². The fraction of sp³-hybridized carbons (Fsp3) is 0.100. The normalized spacial score (nSPS) is 12.0. The first-order chi connectivity index (χ1) is 12.2. The van der Waals surface area contributed by atoms with Crippen LogP contribution in [0.3, 0.4) is 0 Å². The molecule has 1 amide bonds. The second kappa shape index (κ2) is 7.97. The van der Waals surface area contributed by atoms with Gasteiger partial charge in [-0.3, -0.25) is 4.79 Å². The minimum Gasteiger partial charge on any atom is -0.481 e. The predicted octanol–water partition coefficient (Wildman–Crippen LogP) is 3.86. The molecule has 0 aliphatic carbocycles. The monoisotopic (exact) mass is 334 g/mol. The quantitative estimate of drug-likeness (QED) is 0.550. The van der Waals surface area contributed by atoms with E-state index in [2.05, 4.69) is 10.5 Å². The standard InChI is InChI=1S/C20H18N2O3/c1-15(20(23)22-21-14-19-8-5-13-24-19)25-18-11-9-17(10-12-18)16-6-3-2-4-7-16/h2-15H,1H3,(H,22,23). The molecule has 3 rings (SSSR count). The molecule has 5 heteroatoms. The van der Waals surface area contributed by atoms with Gasteiger partial charge >= 0.3 is 0 Å². The van der Waals surface area contributed by atoms with Crippen molar-refractivity contribution >= 4 is 12.1 Å². The zero-order valence-electron chi connectivity index (χ0n) is 13.8. The second-order valence-electron chi connectivity index (χ2n) is 5.40. The third-order valence-corrected chi connectivity index (χ3v) is 3.55. The minimum absolute atomic E-state index is 0.338. The van der Waals surface area contributed by atoms with Crippen LogP contribution in [0.5, 0.6) is 5.75 Å². The SMILES string of the molecule is CC(Oc1ccc(-c2ccccc2)cc1)C(=O)NN=Cc1ccco1. The van der Waals surface area contributed by atoms with E-state index in [4.69, 9.17) is 9.15 Å². The van der Waals surface area contributed by atoms with Crippen LogP contribution in [-0.4, -0.2) is 18.2 Å². The molecule has 1 unspecified atom stereocenters. The largest absolute Gasteiger partial charge is 0.481 e. The van der Waals surface area contributed by atoms with Crippen LogP contribution in [0.15, 0.2) is 82.5 Å². The molecule has 0 spiro atoms. The van der Waals surface area contributed by atoms with Gasteiger partial charge in [0.05, 0.1) is 12.5 Å². The van der Waals surface area contributed by atoms with Crippen molar-refractivity contribution in [2.45, 2.75) is 13.0 Å². The summed E-state index contributed by atoms with van der Waals surface area (Å²) in [4.78, 5) is 12.0. The van der Waals surface area contributed by atoms with Crippen molar-refractivity contribution in [3.8, 4) is 16.9 Å². The number of hydrogen-bond donors (Lipinski definition) is 1. The molecule has 126 valence electrons. The van der Waals surface area contributed by atoms with Crippen molar-refractivity contribution in [1.29, 1.82) is 0 Å². The highest BCUT2D eigenvalue weighted by Crippen LogP contribution is 2.22. The van der Waals surface area contributed by atoms with Crippen molar-refractivity contribution in [1.82, 2.24) is 5.43 Å². The summed E-state index contributed by atoms with van der Waals surface area (Å²) < 4.78 is 10.7. The smallest absolute Gasteiger partial charge is 0.280 e. The van der Waals surface area contributed by atoms with Crippen molar-refractivity contribution in [3.05, 3.63) is 78.8 Å². The molecule has 5 nitrogen and oxygen atoms in total. The van der Waals surface area contributed by atoms with Crippen molar-refractivity contribution in [3.63, 3.8) is 0 Å². The molecule has 2 aromatic carbocycles. The highest BCUT2D eigenvalue weighted by molar-refractivity contribution is 5.83. The summed E-state index contributed by atoms with van der Waals surface area (Å²) in [6, 6.07) is 21.2. The van der Waals surface area contributed by atoms with E-state index in [1.54, 1.807) is 19.1 Å². The van der Waals surface area contributed by atoms with Crippen LogP contribution in [0.4, 0.5) is 0 Å². The van der Waals surface area contributed by atoms with Crippen LogP contribution in [0.25, 0.3) is 11.1 Å². The lowest BCUT2D eigenvalue weighted by Crippen LogP contribution is -2.33. The maximum absolute atomic E-state index is 12.0. The fourth-order valence-corrected chi connectivity index (χ4v) is 2.23. The number of rotatable bonds is 6. The topological polar surface area (TPSA) is 63.8 Å². The Kier molecular flexibility index (Phi) is 5.26. The summed E-state index contributed by atoms with van der Waals surface area (Å²) in [7, 11) is 0. The van der Waals surface area contributed by atoms with Crippen molar-refractivity contribution < 1.29 is 13.9 Å². The van der Waals surface area contributed by atoms with E-state index in [9.17, 15) is 4.79 Å². The summed E-state index contributed by atoms with van der Waals surface area (Å²) in [6.07, 6.45) is 2.30.